The summed E-state index contributed by atoms with van der Waals surface area (Å²) in [4.78, 5) is 0. The average Bonchev–Trinajstić information content (AvgIpc) is 2.30. The topological polar surface area (TPSA) is 61.0 Å². The molecule has 0 aliphatic heterocycles. The molecule has 0 aliphatic rings. The first-order valence-electron chi connectivity index (χ1n) is 4.54. The first kappa shape index (κ1) is 9.45. The molecular formula is C11H11N3O. The largest absolute Gasteiger partial charge is 0.480 e. The fraction of sp³-hybridized carbons (Fsp3) is 0.0909. The van der Waals surface area contributed by atoms with Crippen molar-refractivity contribution in [2.45, 2.75) is 0 Å². The van der Waals surface area contributed by atoms with Crippen molar-refractivity contribution in [2.24, 2.45) is 0 Å². The third-order valence-electron chi connectivity index (χ3n) is 2.06. The number of nitrogen functional groups attached to an aromatic ring is 1. The number of nitrogens with two attached hydrogens (primary N) is 1. The molecule has 4 heteroatoms. The Kier molecular flexibility index (Phi) is 2.49. The van der Waals surface area contributed by atoms with E-state index in [4.69, 9.17) is 10.5 Å². The molecule has 0 radical (unpaired) electrons. The van der Waals surface area contributed by atoms with Crippen molar-refractivity contribution in [3.63, 3.8) is 0 Å². The Bertz CT molecular complexity index is 457. The summed E-state index contributed by atoms with van der Waals surface area (Å²) >= 11 is 0. The van der Waals surface area contributed by atoms with Crippen LogP contribution in [0.5, 0.6) is 5.88 Å². The second-order valence-electron chi connectivity index (χ2n) is 3.06. The van der Waals surface area contributed by atoms with E-state index in [0.717, 1.165) is 5.56 Å². The van der Waals surface area contributed by atoms with Gasteiger partial charge in [-0.05, 0) is 0 Å². The maximum Gasteiger partial charge on any atom is 0.235 e. The third kappa shape index (κ3) is 1.88. The van der Waals surface area contributed by atoms with Gasteiger partial charge in [0, 0.05) is 11.6 Å². The first-order valence-corrected chi connectivity index (χ1v) is 4.54. The van der Waals surface area contributed by atoms with Crippen molar-refractivity contribution in [1.29, 1.82) is 0 Å². The highest BCUT2D eigenvalue weighted by Crippen LogP contribution is 2.24. The second kappa shape index (κ2) is 3.96. The Morgan fingerprint density at radius 1 is 1.13 bits per heavy atom. The lowest BCUT2D eigenvalue weighted by Crippen LogP contribution is -1.98. The fourth-order valence-corrected chi connectivity index (χ4v) is 1.31. The number of rotatable bonds is 2. The minimum atomic E-state index is 0.423. The summed E-state index contributed by atoms with van der Waals surface area (Å²) in [5.74, 6) is 0.423. The van der Waals surface area contributed by atoms with Gasteiger partial charge in [-0.2, -0.15) is 0 Å². The second-order valence-corrected chi connectivity index (χ2v) is 3.06. The van der Waals surface area contributed by atoms with E-state index in [1.165, 1.54) is 7.11 Å². The molecule has 15 heavy (non-hydrogen) atoms. The quantitative estimate of drug-likeness (QED) is 0.803. The minimum absolute atomic E-state index is 0.423. The number of benzene rings is 1. The molecule has 76 valence electrons. The van der Waals surface area contributed by atoms with Crippen molar-refractivity contribution < 1.29 is 4.74 Å². The lowest BCUT2D eigenvalue weighted by Gasteiger charge is -2.04. The zero-order valence-electron chi connectivity index (χ0n) is 8.34. The lowest BCUT2D eigenvalue weighted by atomic mass is 10.1. The summed E-state index contributed by atoms with van der Waals surface area (Å²) < 4.78 is 4.93. The van der Waals surface area contributed by atoms with Gasteiger partial charge in [0.25, 0.3) is 0 Å². The molecule has 0 spiro atoms. The van der Waals surface area contributed by atoms with Crippen LogP contribution in [0.2, 0.25) is 0 Å². The zero-order chi connectivity index (χ0) is 10.7. The van der Waals surface area contributed by atoms with E-state index < -0.39 is 0 Å². The van der Waals surface area contributed by atoms with E-state index in [1.807, 2.05) is 30.3 Å². The van der Waals surface area contributed by atoms with Crippen molar-refractivity contribution in [3.8, 4) is 17.1 Å². The van der Waals surface area contributed by atoms with Crippen molar-refractivity contribution in [1.82, 2.24) is 10.2 Å². The molecule has 0 saturated carbocycles. The average molecular weight is 201 g/mol. The van der Waals surface area contributed by atoms with E-state index in [-0.39, 0.29) is 0 Å². The summed E-state index contributed by atoms with van der Waals surface area (Å²) in [6.07, 6.45) is 0. The van der Waals surface area contributed by atoms with Crippen LogP contribution in [-0.4, -0.2) is 17.3 Å². The van der Waals surface area contributed by atoms with E-state index in [9.17, 15) is 0 Å². The summed E-state index contributed by atoms with van der Waals surface area (Å²) in [7, 11) is 1.53. The van der Waals surface area contributed by atoms with Gasteiger partial charge in [0.15, 0.2) is 0 Å². The van der Waals surface area contributed by atoms with Crippen molar-refractivity contribution in [3.05, 3.63) is 36.4 Å². The molecule has 2 rings (SSSR count). The maximum atomic E-state index is 5.85. The van der Waals surface area contributed by atoms with Gasteiger partial charge in [0.2, 0.25) is 5.88 Å². The van der Waals surface area contributed by atoms with Crippen LogP contribution in [-0.2, 0) is 0 Å². The zero-order valence-corrected chi connectivity index (χ0v) is 8.34. The van der Waals surface area contributed by atoms with Crippen LogP contribution in [0.1, 0.15) is 0 Å². The summed E-state index contributed by atoms with van der Waals surface area (Å²) in [5, 5.41) is 7.90. The van der Waals surface area contributed by atoms with Crippen LogP contribution in [0.25, 0.3) is 11.3 Å². The molecule has 1 aromatic carbocycles. The van der Waals surface area contributed by atoms with E-state index in [2.05, 4.69) is 10.2 Å². The van der Waals surface area contributed by atoms with E-state index in [1.54, 1.807) is 6.07 Å². The molecule has 2 N–H and O–H groups in total. The molecule has 0 bridgehead atoms. The number of methoxy groups -OCH3 is 1. The predicted octanol–water partition coefficient (Wildman–Crippen LogP) is 1.73. The monoisotopic (exact) mass is 201 g/mol. The molecule has 0 aliphatic carbocycles. The Morgan fingerprint density at radius 2 is 1.87 bits per heavy atom. The summed E-state index contributed by atoms with van der Waals surface area (Å²) in [6.45, 7) is 0. The maximum absolute atomic E-state index is 5.85. The number of hydrogen-bond acceptors (Lipinski definition) is 4. The van der Waals surface area contributed by atoms with Gasteiger partial charge in [-0.15, -0.1) is 10.2 Å². The van der Waals surface area contributed by atoms with E-state index in [0.29, 0.717) is 17.3 Å². The smallest absolute Gasteiger partial charge is 0.235 e. The van der Waals surface area contributed by atoms with Crippen LogP contribution in [0.3, 0.4) is 0 Å². The summed E-state index contributed by atoms with van der Waals surface area (Å²) in [6, 6.07) is 11.3. The molecule has 1 aromatic heterocycles. The van der Waals surface area contributed by atoms with Crippen LogP contribution >= 0.6 is 0 Å². The Morgan fingerprint density at radius 3 is 2.47 bits per heavy atom. The van der Waals surface area contributed by atoms with Crippen LogP contribution in [0.15, 0.2) is 36.4 Å². The van der Waals surface area contributed by atoms with Gasteiger partial charge in [-0.25, -0.2) is 0 Å². The number of aromatic nitrogens is 2. The van der Waals surface area contributed by atoms with Gasteiger partial charge >= 0.3 is 0 Å². The molecule has 0 atom stereocenters. The fourth-order valence-electron chi connectivity index (χ4n) is 1.31. The van der Waals surface area contributed by atoms with Crippen molar-refractivity contribution >= 4 is 5.69 Å². The van der Waals surface area contributed by atoms with Gasteiger partial charge in [-0.1, -0.05) is 30.3 Å². The molecular weight excluding hydrogens is 190 g/mol. The molecule has 0 unspecified atom stereocenters. The number of hydrogen-bond donors (Lipinski definition) is 1. The Balaban J connectivity index is 2.46. The highest BCUT2D eigenvalue weighted by Gasteiger charge is 2.06. The number of ether oxygens (including phenoxy) is 1. The number of anilines is 1. The van der Waals surface area contributed by atoms with Crippen molar-refractivity contribution in [2.75, 3.05) is 12.8 Å². The van der Waals surface area contributed by atoms with E-state index >= 15 is 0 Å². The molecule has 0 amide bonds. The Hall–Kier alpha value is -2.10. The van der Waals surface area contributed by atoms with Crippen LogP contribution in [0, 0.1) is 0 Å². The normalized spacial score (nSPS) is 9.93. The van der Waals surface area contributed by atoms with Gasteiger partial charge in [0.1, 0.15) is 5.69 Å². The Labute approximate surface area is 87.7 Å². The standard InChI is InChI=1S/C11H11N3O/c1-15-10-7-9(12)11(14-13-10)8-5-3-2-4-6-8/h2-7H,1H3,(H2,12,13). The molecule has 1 heterocycles. The van der Waals surface area contributed by atoms with Gasteiger partial charge < -0.3 is 10.5 Å². The minimum Gasteiger partial charge on any atom is -0.480 e. The SMILES string of the molecule is COc1cc(N)c(-c2ccccc2)nn1. The molecule has 0 fully saturated rings. The highest BCUT2D eigenvalue weighted by atomic mass is 16.5. The molecule has 2 aromatic rings. The predicted molar refractivity (Wildman–Crippen MR) is 58.4 cm³/mol. The lowest BCUT2D eigenvalue weighted by molar-refractivity contribution is 0.392. The van der Waals surface area contributed by atoms with Crippen LogP contribution < -0.4 is 10.5 Å². The summed E-state index contributed by atoms with van der Waals surface area (Å²) in [5.41, 5.74) is 8.04. The van der Waals surface area contributed by atoms with Gasteiger partial charge in [0.05, 0.1) is 12.8 Å². The van der Waals surface area contributed by atoms with Crippen LogP contribution in [0.4, 0.5) is 5.69 Å². The molecule has 4 nitrogen and oxygen atoms in total. The third-order valence-corrected chi connectivity index (χ3v) is 2.06. The first-order chi connectivity index (χ1) is 7.31. The number of nitrogens with zero attached hydrogens (tertiary/aromatic N) is 2. The molecule has 0 saturated heterocycles. The highest BCUT2D eigenvalue weighted by molar-refractivity contribution is 5.72. The van der Waals surface area contributed by atoms with Gasteiger partial charge in [-0.3, -0.25) is 0 Å².